The maximum absolute atomic E-state index is 5.14. The van der Waals surface area contributed by atoms with E-state index in [9.17, 15) is 0 Å². The summed E-state index contributed by atoms with van der Waals surface area (Å²) in [5.41, 5.74) is 9.03. The number of hydrogen-bond acceptors (Lipinski definition) is 2. The molecule has 1 aliphatic heterocycles. The third-order valence-corrected chi connectivity index (χ3v) is 6.76. The van der Waals surface area contributed by atoms with Crippen LogP contribution in [-0.4, -0.2) is 28.0 Å². The van der Waals surface area contributed by atoms with Crippen molar-refractivity contribution in [3.8, 4) is 33.9 Å². The number of rotatable bonds is 4. The lowest BCUT2D eigenvalue weighted by Crippen LogP contribution is -2.29. The van der Waals surface area contributed by atoms with E-state index in [0.29, 0.717) is 0 Å². The highest BCUT2D eigenvalue weighted by Crippen LogP contribution is 2.37. The van der Waals surface area contributed by atoms with Crippen LogP contribution in [0.25, 0.3) is 44.8 Å². The van der Waals surface area contributed by atoms with Crippen LogP contribution >= 0.6 is 0 Å². The maximum atomic E-state index is 5.14. The number of aryl methyl sites for hydroxylation is 1. The molecule has 1 saturated heterocycles. The Morgan fingerprint density at radius 1 is 0.727 bits per heavy atom. The van der Waals surface area contributed by atoms with Crippen molar-refractivity contribution >= 4 is 16.6 Å². The Balaban J connectivity index is 1.47. The van der Waals surface area contributed by atoms with Crippen LogP contribution in [0.3, 0.4) is 0 Å². The third-order valence-electron chi connectivity index (χ3n) is 6.76. The van der Waals surface area contributed by atoms with Crippen molar-refractivity contribution in [2.75, 3.05) is 18.0 Å². The van der Waals surface area contributed by atoms with E-state index in [4.69, 9.17) is 4.98 Å². The first-order valence-corrected chi connectivity index (χ1v) is 11.9. The van der Waals surface area contributed by atoms with E-state index in [-0.39, 0.29) is 0 Å². The zero-order chi connectivity index (χ0) is 22.2. The van der Waals surface area contributed by atoms with E-state index in [1.54, 1.807) is 0 Å². The second-order valence-corrected chi connectivity index (χ2v) is 8.94. The molecule has 1 aliphatic rings. The average Bonchev–Trinajstić information content (AvgIpc) is 3.45. The quantitative estimate of drug-likeness (QED) is 0.316. The van der Waals surface area contributed by atoms with Crippen LogP contribution in [0, 0.1) is 6.92 Å². The molecule has 33 heavy (non-hydrogen) atoms. The van der Waals surface area contributed by atoms with Gasteiger partial charge in [-0.2, -0.15) is 0 Å². The van der Waals surface area contributed by atoms with Crippen LogP contribution in [-0.2, 0) is 0 Å². The van der Waals surface area contributed by atoms with Gasteiger partial charge in [0.25, 0.3) is 0 Å². The van der Waals surface area contributed by atoms with Crippen molar-refractivity contribution < 1.29 is 0 Å². The minimum atomic E-state index is 0.902. The Morgan fingerprint density at radius 2 is 1.45 bits per heavy atom. The van der Waals surface area contributed by atoms with Crippen molar-refractivity contribution in [2.24, 2.45) is 0 Å². The molecule has 0 bridgehead atoms. The summed E-state index contributed by atoms with van der Waals surface area (Å²) in [5.74, 6) is 0.902. The largest absolute Gasteiger partial charge is 0.372 e. The van der Waals surface area contributed by atoms with Crippen LogP contribution in [0.2, 0.25) is 0 Å². The fraction of sp³-hybridized carbons (Fsp3) is 0.207. The molecule has 0 saturated carbocycles. The van der Waals surface area contributed by atoms with E-state index in [0.717, 1.165) is 58.2 Å². The second kappa shape index (κ2) is 8.28. The molecule has 0 amide bonds. The lowest BCUT2D eigenvalue weighted by Gasteiger charge is -2.28. The van der Waals surface area contributed by atoms with Gasteiger partial charge in [-0.3, -0.25) is 0 Å². The number of hydrogen-bond donors (Lipinski definition) is 2. The summed E-state index contributed by atoms with van der Waals surface area (Å²) < 4.78 is 0. The van der Waals surface area contributed by atoms with Crippen molar-refractivity contribution in [1.29, 1.82) is 0 Å². The molecule has 5 aromatic rings. The first kappa shape index (κ1) is 19.9. The topological polar surface area (TPSA) is 47.7 Å². The molecule has 2 N–H and O–H groups in total. The minimum absolute atomic E-state index is 0.902. The number of aromatic nitrogens is 3. The molecule has 2 aromatic heterocycles. The van der Waals surface area contributed by atoms with Gasteiger partial charge in [-0.05, 0) is 44.4 Å². The molecule has 0 unspecified atom stereocenters. The van der Waals surface area contributed by atoms with Gasteiger partial charge in [0.2, 0.25) is 0 Å². The number of H-pyrrole nitrogens is 2. The SMILES string of the molecule is Cc1[nH]c2ccccc2c1-c1nc(-c2ccccc2)c(-c2ccc(N3CCCCC3)cc2)[nH]1. The predicted molar refractivity (Wildman–Crippen MR) is 138 cm³/mol. The number of nitrogens with zero attached hydrogens (tertiary/aromatic N) is 2. The molecule has 164 valence electrons. The summed E-state index contributed by atoms with van der Waals surface area (Å²) in [7, 11) is 0. The minimum Gasteiger partial charge on any atom is -0.372 e. The van der Waals surface area contributed by atoms with Gasteiger partial charge in [-0.15, -0.1) is 0 Å². The van der Waals surface area contributed by atoms with Gasteiger partial charge in [0.1, 0.15) is 5.82 Å². The fourth-order valence-electron chi connectivity index (χ4n) is 5.08. The fourth-order valence-corrected chi connectivity index (χ4v) is 5.08. The zero-order valence-electron chi connectivity index (χ0n) is 18.9. The number of aromatic amines is 2. The number of para-hydroxylation sites is 1. The van der Waals surface area contributed by atoms with Crippen LogP contribution < -0.4 is 4.90 Å². The molecule has 6 rings (SSSR count). The second-order valence-electron chi connectivity index (χ2n) is 8.94. The molecule has 0 aliphatic carbocycles. The predicted octanol–water partition coefficient (Wildman–Crippen LogP) is 7.19. The van der Waals surface area contributed by atoms with Crippen LogP contribution in [0.5, 0.6) is 0 Å². The Labute approximate surface area is 194 Å². The van der Waals surface area contributed by atoms with Gasteiger partial charge >= 0.3 is 0 Å². The first-order valence-electron chi connectivity index (χ1n) is 11.9. The summed E-state index contributed by atoms with van der Waals surface area (Å²) in [4.78, 5) is 14.8. The highest BCUT2D eigenvalue weighted by atomic mass is 15.1. The van der Waals surface area contributed by atoms with Gasteiger partial charge in [-0.1, -0.05) is 60.7 Å². The average molecular weight is 433 g/mol. The van der Waals surface area contributed by atoms with Crippen molar-refractivity contribution in [3.63, 3.8) is 0 Å². The van der Waals surface area contributed by atoms with Crippen molar-refractivity contribution in [2.45, 2.75) is 26.2 Å². The molecule has 3 heterocycles. The summed E-state index contributed by atoms with van der Waals surface area (Å²) in [6.45, 7) is 4.43. The van der Waals surface area contributed by atoms with E-state index in [2.05, 4.69) is 94.6 Å². The maximum Gasteiger partial charge on any atom is 0.140 e. The molecule has 1 fully saturated rings. The zero-order valence-corrected chi connectivity index (χ0v) is 18.9. The van der Waals surface area contributed by atoms with Crippen LogP contribution in [0.4, 0.5) is 5.69 Å². The molecule has 4 nitrogen and oxygen atoms in total. The van der Waals surface area contributed by atoms with Crippen molar-refractivity contribution in [3.05, 3.63) is 84.6 Å². The highest BCUT2D eigenvalue weighted by Gasteiger charge is 2.19. The summed E-state index contributed by atoms with van der Waals surface area (Å²) in [5, 5.41) is 1.19. The van der Waals surface area contributed by atoms with Gasteiger partial charge in [0.05, 0.1) is 11.4 Å². The molecular weight excluding hydrogens is 404 g/mol. The smallest absolute Gasteiger partial charge is 0.140 e. The lowest BCUT2D eigenvalue weighted by atomic mass is 10.0. The monoisotopic (exact) mass is 432 g/mol. The van der Waals surface area contributed by atoms with E-state index < -0.39 is 0 Å². The Bertz CT molecular complexity index is 1390. The molecule has 4 heteroatoms. The number of benzene rings is 3. The van der Waals surface area contributed by atoms with E-state index in [1.807, 2.05) is 6.07 Å². The number of imidazole rings is 1. The van der Waals surface area contributed by atoms with Gasteiger partial charge in [-0.25, -0.2) is 4.98 Å². The van der Waals surface area contributed by atoms with E-state index >= 15 is 0 Å². The molecular formula is C29H28N4. The summed E-state index contributed by atoms with van der Waals surface area (Å²) in [6, 6.07) is 27.9. The molecule has 0 spiro atoms. The Morgan fingerprint density at radius 3 is 2.24 bits per heavy atom. The molecule has 3 aromatic carbocycles. The standard InChI is InChI=1S/C29H28N4/c1-20-26(24-12-6-7-13-25(24)30-20)29-31-27(21-10-4-2-5-11-21)28(32-29)22-14-16-23(17-15-22)33-18-8-3-9-19-33/h2,4-7,10-17,30H,3,8-9,18-19H2,1H3,(H,31,32). The summed E-state index contributed by atoms with van der Waals surface area (Å²) >= 11 is 0. The number of nitrogens with one attached hydrogen (secondary N) is 2. The first-order chi connectivity index (χ1) is 16.3. The normalized spacial score (nSPS) is 14.2. The van der Waals surface area contributed by atoms with Crippen molar-refractivity contribution in [1.82, 2.24) is 15.0 Å². The molecule has 0 radical (unpaired) electrons. The molecule has 0 atom stereocenters. The highest BCUT2D eigenvalue weighted by molar-refractivity contribution is 5.97. The van der Waals surface area contributed by atoms with Gasteiger partial charge in [0.15, 0.2) is 0 Å². The third kappa shape index (κ3) is 3.62. The van der Waals surface area contributed by atoms with E-state index in [1.165, 1.54) is 30.3 Å². The Kier molecular flexibility index (Phi) is 4.99. The number of piperidine rings is 1. The van der Waals surface area contributed by atoms with Gasteiger partial charge < -0.3 is 14.9 Å². The number of fused-ring (bicyclic) bond motifs is 1. The van der Waals surface area contributed by atoms with Crippen LogP contribution in [0.15, 0.2) is 78.9 Å². The number of anilines is 1. The van der Waals surface area contributed by atoms with Gasteiger partial charge in [0, 0.05) is 52.1 Å². The van der Waals surface area contributed by atoms with Crippen LogP contribution in [0.1, 0.15) is 25.0 Å². The summed E-state index contributed by atoms with van der Waals surface area (Å²) in [6.07, 6.45) is 3.92. The Hall–Kier alpha value is -3.79. The lowest BCUT2D eigenvalue weighted by molar-refractivity contribution is 0.578.